The molecule has 0 radical (unpaired) electrons. The van der Waals surface area contributed by atoms with Gasteiger partial charge in [0, 0.05) is 74.1 Å². The van der Waals surface area contributed by atoms with Crippen molar-refractivity contribution < 1.29 is 47.1 Å². The Kier molecular flexibility index (Phi) is 19.2. The minimum Gasteiger partial charge on any atom is -0.457 e. The molecular formula is C47H74FN9O9S. The van der Waals surface area contributed by atoms with Crippen LogP contribution in [0.3, 0.4) is 0 Å². The van der Waals surface area contributed by atoms with E-state index in [-0.39, 0.29) is 42.7 Å². The topological polar surface area (TPSA) is 222 Å². The molecule has 0 spiro atoms. The van der Waals surface area contributed by atoms with Gasteiger partial charge in [-0.25, -0.2) is 4.79 Å². The van der Waals surface area contributed by atoms with E-state index >= 15 is 4.79 Å². The van der Waals surface area contributed by atoms with Gasteiger partial charge in [0.25, 0.3) is 0 Å². The number of carbonyl (C=O) groups is 3. The fourth-order valence-electron chi connectivity index (χ4n) is 10.2. The maximum atomic E-state index is 15.1. The first-order valence-electron chi connectivity index (χ1n) is 23.4. The Bertz CT molecular complexity index is 2050. The summed E-state index contributed by atoms with van der Waals surface area (Å²) in [6.45, 7) is 14.8. The second-order valence-electron chi connectivity index (χ2n) is 19.1. The number of ether oxygens (including phenoxy) is 5. The Morgan fingerprint density at radius 2 is 1.84 bits per heavy atom. The van der Waals surface area contributed by atoms with E-state index < -0.39 is 71.5 Å². The van der Waals surface area contributed by atoms with Crippen molar-refractivity contribution in [3.05, 3.63) is 48.4 Å². The first-order valence-corrected chi connectivity index (χ1v) is 24.5. The standard InChI is InChI=1S/C46H71N9O9.CH3FS/c1-11-37-46(7)40(55(44(59)64-46)18-13-12-17-54-26-35(51-52-54)32-15-14-16-33(47)21-32)30(5)48-23-27(2)22-45(6,60-10)41(63-43-39(57)36(53(8)9)19-28(3)61-43)29(4)38(56)34(42(58)62-37)20-31-24-49-50-25-31;1-3-2/h14-16,21,24-30,34,36-37,39-41,43,48,57H,11-13,17-20,22-23,47H2,1-10H3,(H,49,50);1H3/t27-,28?,29+,30-,34-,36?,37-,39?,40-,41-,43+,45-,46-;/m1./s1. The van der Waals surface area contributed by atoms with Crippen LogP contribution in [0, 0.1) is 17.8 Å². The number of nitrogens with one attached hydrogen (secondary N) is 2. The van der Waals surface area contributed by atoms with E-state index in [1.165, 1.54) is 6.26 Å². The molecule has 20 heteroatoms. The molecule has 67 heavy (non-hydrogen) atoms. The molecule has 1 aromatic carbocycles. The predicted molar refractivity (Wildman–Crippen MR) is 253 cm³/mol. The molecule has 374 valence electrons. The van der Waals surface area contributed by atoms with Crippen molar-refractivity contribution >= 4 is 35.7 Å². The van der Waals surface area contributed by atoms with Gasteiger partial charge in [0.1, 0.15) is 23.8 Å². The molecule has 13 atom stereocenters. The number of hydrogen-bond acceptors (Lipinski definition) is 16. The van der Waals surface area contributed by atoms with Crippen molar-refractivity contribution in [1.29, 1.82) is 0 Å². The lowest BCUT2D eigenvalue weighted by Crippen LogP contribution is -2.61. The third-order valence-electron chi connectivity index (χ3n) is 13.7. The van der Waals surface area contributed by atoms with Crippen LogP contribution in [0.25, 0.3) is 11.3 Å². The van der Waals surface area contributed by atoms with Gasteiger partial charge in [-0.05, 0) is 110 Å². The summed E-state index contributed by atoms with van der Waals surface area (Å²) in [7, 11) is 5.39. The molecule has 3 fully saturated rings. The van der Waals surface area contributed by atoms with Gasteiger partial charge in [-0.15, -0.1) is 5.10 Å². The highest BCUT2D eigenvalue weighted by atomic mass is 32.2. The van der Waals surface area contributed by atoms with Crippen LogP contribution in [-0.2, 0) is 46.2 Å². The monoisotopic (exact) mass is 960 g/mol. The number of fused-ring (bicyclic) bond motifs is 1. The Balaban J connectivity index is 0.00000273. The lowest BCUT2D eigenvalue weighted by molar-refractivity contribution is -0.295. The number of methoxy groups -OCH3 is 1. The number of nitrogen functional groups attached to an aromatic ring is 1. The van der Waals surface area contributed by atoms with Crippen molar-refractivity contribution in [2.75, 3.05) is 46.3 Å². The maximum absolute atomic E-state index is 15.1. The van der Waals surface area contributed by atoms with Crippen LogP contribution in [0.4, 0.5) is 14.4 Å². The zero-order valence-electron chi connectivity index (χ0n) is 41.0. The third kappa shape index (κ3) is 12.9. The van der Waals surface area contributed by atoms with E-state index in [2.05, 4.69) is 32.7 Å². The Labute approximate surface area is 399 Å². The minimum absolute atomic E-state index is 0.000730. The molecule has 6 rings (SSSR count). The highest BCUT2D eigenvalue weighted by Crippen LogP contribution is 2.40. The summed E-state index contributed by atoms with van der Waals surface area (Å²) in [6, 6.07) is 6.35. The number of halogens is 1. The van der Waals surface area contributed by atoms with E-state index in [0.717, 1.165) is 11.3 Å². The fraction of sp³-hybridized carbons (Fsp3) is 0.702. The highest BCUT2D eigenvalue weighted by molar-refractivity contribution is 7.93. The van der Waals surface area contributed by atoms with E-state index in [4.69, 9.17) is 29.4 Å². The number of unbranched alkanes of at least 4 members (excludes halogenated alkanes) is 1. The number of amides is 1. The smallest absolute Gasteiger partial charge is 0.410 e. The molecular weight excluding hydrogens is 886 g/mol. The largest absolute Gasteiger partial charge is 0.457 e. The number of H-pyrrole nitrogens is 1. The average Bonchev–Trinajstić information content (AvgIpc) is 4.05. The molecule has 3 unspecified atom stereocenters. The van der Waals surface area contributed by atoms with Crippen LogP contribution < -0.4 is 11.1 Å². The average molecular weight is 960 g/mol. The van der Waals surface area contributed by atoms with Gasteiger partial charge >= 0.3 is 12.1 Å². The molecule has 3 saturated heterocycles. The molecule has 5 heterocycles. The van der Waals surface area contributed by atoms with Gasteiger partial charge in [-0.2, -0.15) is 8.98 Å². The van der Waals surface area contributed by atoms with Gasteiger partial charge in [-0.1, -0.05) is 38.1 Å². The molecule has 3 aromatic rings. The van der Waals surface area contributed by atoms with Gasteiger partial charge in [0.15, 0.2) is 17.7 Å². The molecule has 1 amide bonds. The number of anilines is 1. The van der Waals surface area contributed by atoms with Crippen LogP contribution >= 0.6 is 12.1 Å². The van der Waals surface area contributed by atoms with Gasteiger partial charge in [0.2, 0.25) is 0 Å². The number of aromatic nitrogens is 5. The number of cyclic esters (lactones) is 1. The summed E-state index contributed by atoms with van der Waals surface area (Å²) in [4.78, 5) is 47.5. The molecule has 2 aromatic heterocycles. The molecule has 3 aliphatic rings. The number of nitrogens with two attached hydrogens (primary N) is 1. The number of benzene rings is 1. The third-order valence-corrected chi connectivity index (χ3v) is 13.7. The fourth-order valence-corrected chi connectivity index (χ4v) is 10.2. The number of hydrogen-bond donors (Lipinski definition) is 4. The first-order chi connectivity index (χ1) is 31.8. The van der Waals surface area contributed by atoms with Crippen molar-refractivity contribution in [2.45, 2.75) is 154 Å². The van der Waals surface area contributed by atoms with Crippen molar-refractivity contribution in [3.63, 3.8) is 0 Å². The Morgan fingerprint density at radius 3 is 2.48 bits per heavy atom. The lowest BCUT2D eigenvalue weighted by atomic mass is 9.77. The second-order valence-corrected chi connectivity index (χ2v) is 19.4. The van der Waals surface area contributed by atoms with Crippen molar-refractivity contribution in [2.24, 2.45) is 17.8 Å². The summed E-state index contributed by atoms with van der Waals surface area (Å²) in [5, 5.41) is 30.8. The van der Waals surface area contributed by atoms with Crippen LogP contribution in [0.15, 0.2) is 42.9 Å². The van der Waals surface area contributed by atoms with E-state index in [9.17, 15) is 18.6 Å². The van der Waals surface area contributed by atoms with Gasteiger partial charge < -0.3 is 44.7 Å². The summed E-state index contributed by atoms with van der Waals surface area (Å²) in [5.41, 5.74) is 6.48. The van der Waals surface area contributed by atoms with Gasteiger partial charge in [0.05, 0.1) is 36.2 Å². The number of nitrogens with zero attached hydrogens (tertiary/aromatic N) is 6. The number of ketones is 1. The molecule has 0 saturated carbocycles. The summed E-state index contributed by atoms with van der Waals surface area (Å²) in [6.07, 6.45) is 4.43. The molecule has 0 aliphatic carbocycles. The SMILES string of the molecule is CC[C@H]1OC(=O)[C@H](Cc2cn[nH]c2)C(=O)[C@H](C)[C@@H](O[C@@H]2OC(C)CC(N(C)C)C2O)[C@](C)(OC)C[C@@H](C)CN[C@H](C)[C@H]2N(CCCCn3cc(-c4cccc(N)c4)nn3)C(=O)O[C@]12C.CSF. The number of aryl methyl sites for hydroxylation is 1. The van der Waals surface area contributed by atoms with Crippen molar-refractivity contribution in [1.82, 2.24) is 40.3 Å². The predicted octanol–water partition coefficient (Wildman–Crippen LogP) is 5.46. The Morgan fingerprint density at radius 1 is 1.12 bits per heavy atom. The number of aromatic amines is 1. The van der Waals surface area contributed by atoms with Crippen LogP contribution in [0.5, 0.6) is 0 Å². The number of Topliss-reactive ketones (excluding diaryl/α,β-unsaturated/α-hetero) is 1. The van der Waals surface area contributed by atoms with E-state index in [1.807, 2.05) is 84.1 Å². The molecule has 18 nitrogen and oxygen atoms in total. The number of aliphatic hydroxyl groups is 1. The quantitative estimate of drug-likeness (QED) is 0.0723. The van der Waals surface area contributed by atoms with Crippen LogP contribution in [-0.4, -0.2) is 159 Å². The van der Waals surface area contributed by atoms with Gasteiger partial charge in [-0.3, -0.25) is 24.3 Å². The van der Waals surface area contributed by atoms with E-state index in [1.54, 1.807) is 36.0 Å². The molecule has 0 bridgehead atoms. The highest BCUT2D eigenvalue weighted by Gasteiger charge is 2.59. The molecule has 3 aliphatic heterocycles. The van der Waals surface area contributed by atoms with Crippen molar-refractivity contribution in [3.8, 4) is 11.3 Å². The van der Waals surface area contributed by atoms with Crippen LogP contribution in [0.1, 0.15) is 86.1 Å². The number of esters is 1. The number of carbonyl (C=O) groups excluding carboxylic acids is 3. The second kappa shape index (κ2) is 23.9. The summed E-state index contributed by atoms with van der Waals surface area (Å²) >= 11 is 0.250. The molecule has 5 N–H and O–H groups in total. The number of likely N-dealkylation sites (N-methyl/N-ethyl adjacent to an activating group) is 1. The number of rotatable bonds is 13. The lowest BCUT2D eigenvalue weighted by Gasteiger charge is -2.46. The summed E-state index contributed by atoms with van der Waals surface area (Å²) < 4.78 is 44.1. The minimum atomic E-state index is -1.29. The zero-order chi connectivity index (χ0) is 49.2. The first kappa shape index (κ1) is 53.8. The number of aliphatic hydroxyl groups excluding tert-OH is 1. The summed E-state index contributed by atoms with van der Waals surface area (Å²) in [5.74, 6) is -3.44. The van der Waals surface area contributed by atoms with Crippen LogP contribution in [0.2, 0.25) is 0 Å². The zero-order valence-corrected chi connectivity index (χ0v) is 41.8. The maximum Gasteiger partial charge on any atom is 0.410 e. The Hall–Kier alpha value is -4.18. The van der Waals surface area contributed by atoms with E-state index in [0.29, 0.717) is 63.0 Å². The normalized spacial score (nSPS) is 33.3.